The number of aliphatic hydroxyl groups is 1. The monoisotopic (exact) mass is 611 g/mol. The third kappa shape index (κ3) is 10.2. The molecular formula is C32H37NO11. The molecule has 12 nitrogen and oxygen atoms in total. The SMILES string of the molecule is CO[C@H](C(=O)N1C(=O)OC[C@@H]1c1ccccc1)[C@H](OC(C)=O)C(=O)C=CC(=O)CCCOC[C@@H](CO)OCc1ccccc1. The number of aliphatic hydroxyl groups excluding tert-OH is 1. The van der Waals surface area contributed by atoms with Gasteiger partial charge in [-0.15, -0.1) is 0 Å². The first-order valence-electron chi connectivity index (χ1n) is 14.1. The third-order valence-electron chi connectivity index (χ3n) is 6.62. The van der Waals surface area contributed by atoms with Crippen molar-refractivity contribution < 1.29 is 52.8 Å². The first-order chi connectivity index (χ1) is 21.2. The molecule has 0 aromatic heterocycles. The number of methoxy groups -OCH3 is 1. The number of hydrogen-bond acceptors (Lipinski definition) is 11. The van der Waals surface area contributed by atoms with Crippen LogP contribution in [0.3, 0.4) is 0 Å². The van der Waals surface area contributed by atoms with Crippen molar-refractivity contribution in [3.63, 3.8) is 0 Å². The smallest absolute Gasteiger partial charge is 0.417 e. The maximum Gasteiger partial charge on any atom is 0.417 e. The van der Waals surface area contributed by atoms with Crippen molar-refractivity contribution in [2.45, 2.75) is 50.7 Å². The number of imide groups is 1. The molecule has 0 aliphatic carbocycles. The molecule has 2 amide bonds. The lowest BCUT2D eigenvalue weighted by Gasteiger charge is -2.27. The molecule has 1 fully saturated rings. The molecule has 0 bridgehead atoms. The van der Waals surface area contributed by atoms with Gasteiger partial charge in [0.05, 0.1) is 19.8 Å². The van der Waals surface area contributed by atoms with Crippen LogP contribution < -0.4 is 0 Å². The molecule has 236 valence electrons. The van der Waals surface area contributed by atoms with Crippen molar-refractivity contribution >= 4 is 29.5 Å². The van der Waals surface area contributed by atoms with E-state index in [4.69, 9.17) is 23.7 Å². The second kappa shape index (κ2) is 17.8. The van der Waals surface area contributed by atoms with Gasteiger partial charge in [-0.25, -0.2) is 9.69 Å². The minimum Gasteiger partial charge on any atom is -0.451 e. The van der Waals surface area contributed by atoms with Gasteiger partial charge in [0, 0.05) is 27.1 Å². The number of carbonyl (C=O) groups excluding carboxylic acids is 5. The Kier molecular flexibility index (Phi) is 13.8. The molecule has 1 heterocycles. The third-order valence-corrected chi connectivity index (χ3v) is 6.62. The first kappa shape index (κ1) is 34.3. The quantitative estimate of drug-likeness (QED) is 0.150. The normalized spacial score (nSPS) is 16.8. The fraction of sp³-hybridized carbons (Fsp3) is 0.406. The lowest BCUT2D eigenvalue weighted by molar-refractivity contribution is -0.166. The van der Waals surface area contributed by atoms with Crippen molar-refractivity contribution in [2.24, 2.45) is 0 Å². The summed E-state index contributed by atoms with van der Waals surface area (Å²) in [4.78, 5) is 64.0. The maximum atomic E-state index is 13.4. The van der Waals surface area contributed by atoms with E-state index < -0.39 is 53.9 Å². The van der Waals surface area contributed by atoms with Crippen LogP contribution in [-0.4, -0.2) is 91.4 Å². The Labute approximate surface area is 255 Å². The minimum absolute atomic E-state index is 0.0433. The Morgan fingerprint density at radius 1 is 1.02 bits per heavy atom. The zero-order valence-electron chi connectivity index (χ0n) is 24.7. The van der Waals surface area contributed by atoms with Gasteiger partial charge in [0.1, 0.15) is 18.8 Å². The van der Waals surface area contributed by atoms with E-state index in [0.29, 0.717) is 18.6 Å². The van der Waals surface area contributed by atoms with Crippen LogP contribution in [0.2, 0.25) is 0 Å². The number of carbonyl (C=O) groups is 5. The highest BCUT2D eigenvalue weighted by atomic mass is 16.6. The minimum atomic E-state index is -1.76. The molecule has 3 rings (SSSR count). The van der Waals surface area contributed by atoms with E-state index in [2.05, 4.69) is 0 Å². The van der Waals surface area contributed by atoms with E-state index in [1.807, 2.05) is 30.3 Å². The number of hydrogen-bond donors (Lipinski definition) is 1. The Morgan fingerprint density at radius 3 is 2.34 bits per heavy atom. The molecule has 0 radical (unpaired) electrons. The molecule has 12 heteroatoms. The average Bonchev–Trinajstić information content (AvgIpc) is 3.42. The highest BCUT2D eigenvalue weighted by molar-refractivity contribution is 6.05. The molecule has 2 aromatic carbocycles. The van der Waals surface area contributed by atoms with Gasteiger partial charge in [0.25, 0.3) is 5.91 Å². The van der Waals surface area contributed by atoms with Crippen LogP contribution in [0.4, 0.5) is 4.79 Å². The van der Waals surface area contributed by atoms with Crippen molar-refractivity contribution in [1.29, 1.82) is 0 Å². The molecule has 1 N–H and O–H groups in total. The van der Waals surface area contributed by atoms with Crippen molar-refractivity contribution in [3.8, 4) is 0 Å². The maximum absolute atomic E-state index is 13.4. The zero-order chi connectivity index (χ0) is 31.9. The van der Waals surface area contributed by atoms with Crippen LogP contribution in [0.5, 0.6) is 0 Å². The molecule has 0 unspecified atom stereocenters. The summed E-state index contributed by atoms with van der Waals surface area (Å²) in [5.41, 5.74) is 1.59. The summed E-state index contributed by atoms with van der Waals surface area (Å²) >= 11 is 0. The number of rotatable bonds is 18. The Balaban J connectivity index is 1.52. The van der Waals surface area contributed by atoms with E-state index in [1.54, 1.807) is 30.3 Å². The van der Waals surface area contributed by atoms with E-state index in [1.165, 1.54) is 0 Å². The van der Waals surface area contributed by atoms with Crippen LogP contribution in [0.25, 0.3) is 0 Å². The summed E-state index contributed by atoms with van der Waals surface area (Å²) in [5, 5.41) is 9.51. The Bertz CT molecular complexity index is 1280. The highest BCUT2D eigenvalue weighted by Crippen LogP contribution is 2.29. The number of amides is 2. The van der Waals surface area contributed by atoms with Crippen molar-refractivity contribution in [1.82, 2.24) is 4.90 Å². The molecule has 1 aliphatic rings. The van der Waals surface area contributed by atoms with Gasteiger partial charge in [-0.05, 0) is 29.7 Å². The van der Waals surface area contributed by atoms with Crippen molar-refractivity contribution in [3.05, 3.63) is 83.9 Å². The predicted octanol–water partition coefficient (Wildman–Crippen LogP) is 2.72. The highest BCUT2D eigenvalue weighted by Gasteiger charge is 2.46. The molecule has 4 atom stereocenters. The lowest BCUT2D eigenvalue weighted by Crippen LogP contribution is -2.51. The number of allylic oxidation sites excluding steroid dienone is 1. The number of cyclic esters (lactones) is 1. The summed E-state index contributed by atoms with van der Waals surface area (Å²) in [7, 11) is 1.13. The molecule has 1 saturated heterocycles. The largest absolute Gasteiger partial charge is 0.451 e. The van der Waals surface area contributed by atoms with E-state index >= 15 is 0 Å². The molecule has 1 aliphatic heterocycles. The fourth-order valence-corrected chi connectivity index (χ4v) is 4.38. The summed E-state index contributed by atoms with van der Waals surface area (Å²) in [5.74, 6) is -3.09. The van der Waals surface area contributed by atoms with Crippen LogP contribution in [0.1, 0.15) is 36.9 Å². The van der Waals surface area contributed by atoms with Gasteiger partial charge in [-0.1, -0.05) is 60.7 Å². The number of ether oxygens (including phenoxy) is 5. The van der Waals surface area contributed by atoms with Gasteiger partial charge in [0.15, 0.2) is 23.8 Å². The van der Waals surface area contributed by atoms with Crippen molar-refractivity contribution in [2.75, 3.05) is 33.5 Å². The van der Waals surface area contributed by atoms with Crippen LogP contribution in [-0.2, 0) is 49.5 Å². The van der Waals surface area contributed by atoms with Gasteiger partial charge in [-0.3, -0.25) is 19.2 Å². The first-order valence-corrected chi connectivity index (χ1v) is 14.1. The molecule has 0 saturated carbocycles. The molecule has 0 spiro atoms. The lowest BCUT2D eigenvalue weighted by atomic mass is 10.0. The number of benzene rings is 2. The van der Waals surface area contributed by atoms with Crippen LogP contribution in [0.15, 0.2) is 72.8 Å². The molecular weight excluding hydrogens is 574 g/mol. The van der Waals surface area contributed by atoms with Gasteiger partial charge >= 0.3 is 12.1 Å². The standard InChI is InChI=1S/C32H37NO11/c1-22(35)44-29(30(40-2)31(38)33-27(21-43-32(33)39)24-12-7-4-8-13-24)28(37)16-15-25(36)14-9-17-41-20-26(18-34)42-19-23-10-5-3-6-11-23/h3-8,10-13,15-16,26-27,29-30,34H,9,14,17-21H2,1-2H3/t26-,27-,29-,30+/m1/s1. The van der Waals surface area contributed by atoms with Crippen LogP contribution >= 0.6 is 0 Å². The van der Waals surface area contributed by atoms with E-state index in [0.717, 1.165) is 36.6 Å². The second-order valence-corrected chi connectivity index (χ2v) is 9.88. The summed E-state index contributed by atoms with van der Waals surface area (Å²) in [6.45, 7) is 1.40. The topological polar surface area (TPSA) is 155 Å². The summed E-state index contributed by atoms with van der Waals surface area (Å²) < 4.78 is 26.6. The predicted molar refractivity (Wildman–Crippen MR) is 155 cm³/mol. The average molecular weight is 612 g/mol. The second-order valence-electron chi connectivity index (χ2n) is 9.88. The molecule has 44 heavy (non-hydrogen) atoms. The van der Waals surface area contributed by atoms with Gasteiger partial charge in [-0.2, -0.15) is 0 Å². The fourth-order valence-electron chi connectivity index (χ4n) is 4.38. The molecule has 2 aromatic rings. The Morgan fingerprint density at radius 2 is 1.70 bits per heavy atom. The Hall–Kier alpha value is -4.23. The summed E-state index contributed by atoms with van der Waals surface area (Å²) in [6, 6.07) is 17.4. The summed E-state index contributed by atoms with van der Waals surface area (Å²) in [6.07, 6.45) is -2.59. The van der Waals surface area contributed by atoms with Gasteiger partial charge in [0.2, 0.25) is 0 Å². The number of ketones is 2. The van der Waals surface area contributed by atoms with E-state index in [9.17, 15) is 29.1 Å². The van der Waals surface area contributed by atoms with E-state index in [-0.39, 0.29) is 32.8 Å². The number of esters is 1. The number of nitrogens with zero attached hydrogens (tertiary/aromatic N) is 1. The zero-order valence-corrected chi connectivity index (χ0v) is 24.7. The van der Waals surface area contributed by atoms with Gasteiger partial charge < -0.3 is 28.8 Å². The van der Waals surface area contributed by atoms with Crippen LogP contribution in [0, 0.1) is 0 Å².